The number of carbonyl (C=O) groups is 1. The number of hydrogen-bond donors (Lipinski definition) is 1. The molecule has 0 spiro atoms. The summed E-state index contributed by atoms with van der Waals surface area (Å²) in [7, 11) is 1.73. The van der Waals surface area contributed by atoms with Crippen LogP contribution in [0, 0.1) is 5.41 Å². The fourth-order valence-electron chi connectivity index (χ4n) is 3.58. The second-order valence-corrected chi connectivity index (χ2v) is 11.5. The minimum Gasteiger partial charge on any atom is -0.444 e. The largest absolute Gasteiger partial charge is 0.444 e. The normalized spacial score (nSPS) is 15.9. The number of carbonyl (C=O) groups excluding carboxylic acids is 1. The van der Waals surface area contributed by atoms with E-state index in [4.69, 9.17) is 27.9 Å². The Kier molecular flexibility index (Phi) is 7.91. The Morgan fingerprint density at radius 2 is 1.91 bits per heavy atom. The zero-order valence-electron chi connectivity index (χ0n) is 19.6. The zero-order chi connectivity index (χ0) is 24.4. The van der Waals surface area contributed by atoms with Crippen LogP contribution in [-0.4, -0.2) is 40.9 Å². The van der Waals surface area contributed by atoms with E-state index in [2.05, 4.69) is 22.1 Å². The highest BCUT2D eigenvalue weighted by molar-refractivity contribution is 7.99. The monoisotopic (exact) mass is 512 g/mol. The molecule has 1 N–H and O–H groups in total. The molecule has 1 amide bonds. The Bertz CT molecular complexity index is 1080. The van der Waals surface area contributed by atoms with E-state index in [1.807, 2.05) is 26.8 Å². The molecule has 0 saturated carbocycles. The maximum Gasteiger partial charge on any atom is 0.407 e. The smallest absolute Gasteiger partial charge is 0.407 e. The molecule has 1 aromatic carbocycles. The third kappa shape index (κ3) is 6.58. The van der Waals surface area contributed by atoms with Crippen LogP contribution < -0.4 is 15.8 Å². The summed E-state index contributed by atoms with van der Waals surface area (Å²) in [6.45, 7) is 9.70. The number of amides is 1. The van der Waals surface area contributed by atoms with E-state index in [1.54, 1.807) is 29.9 Å². The van der Waals surface area contributed by atoms with Gasteiger partial charge in [-0.25, -0.2) is 9.78 Å². The molecule has 7 nitrogen and oxygen atoms in total. The lowest BCUT2D eigenvalue weighted by Gasteiger charge is -2.40. The van der Waals surface area contributed by atoms with Crippen molar-refractivity contribution in [3.8, 4) is 0 Å². The van der Waals surface area contributed by atoms with Crippen molar-refractivity contribution in [2.45, 2.75) is 55.9 Å². The van der Waals surface area contributed by atoms with Crippen LogP contribution in [0.1, 0.15) is 40.5 Å². The van der Waals surface area contributed by atoms with Gasteiger partial charge in [0.2, 0.25) is 5.95 Å². The topological polar surface area (TPSA) is 76.5 Å². The van der Waals surface area contributed by atoms with Gasteiger partial charge in [0, 0.05) is 31.6 Å². The van der Waals surface area contributed by atoms with Crippen LogP contribution in [0.25, 0.3) is 0 Å². The molecule has 0 bridgehead atoms. The van der Waals surface area contributed by atoms with Crippen LogP contribution in [0.3, 0.4) is 0 Å². The van der Waals surface area contributed by atoms with Crippen molar-refractivity contribution < 1.29 is 9.53 Å². The van der Waals surface area contributed by atoms with Crippen molar-refractivity contribution in [3.05, 3.63) is 44.8 Å². The molecule has 1 fully saturated rings. The minimum absolute atomic E-state index is 0.0502. The number of nitrogens with one attached hydrogen (secondary N) is 1. The quantitative estimate of drug-likeness (QED) is 0.580. The molecular formula is C23H30Cl2N4O3S. The van der Waals surface area contributed by atoms with Gasteiger partial charge in [0.1, 0.15) is 5.60 Å². The van der Waals surface area contributed by atoms with Crippen molar-refractivity contribution in [2.75, 3.05) is 24.5 Å². The van der Waals surface area contributed by atoms with E-state index >= 15 is 0 Å². The Morgan fingerprint density at radius 3 is 2.55 bits per heavy atom. The number of rotatable bonds is 5. The number of hydrogen-bond acceptors (Lipinski definition) is 6. The second-order valence-electron chi connectivity index (χ2n) is 9.59. The van der Waals surface area contributed by atoms with E-state index in [0.29, 0.717) is 32.3 Å². The predicted molar refractivity (Wildman–Crippen MR) is 134 cm³/mol. The van der Waals surface area contributed by atoms with Gasteiger partial charge < -0.3 is 15.0 Å². The molecule has 1 aliphatic rings. The number of alkyl carbamates (subject to hydrolysis) is 1. The number of halogens is 2. The zero-order valence-corrected chi connectivity index (χ0v) is 21.9. The van der Waals surface area contributed by atoms with Crippen LogP contribution in [-0.2, 0) is 11.8 Å². The van der Waals surface area contributed by atoms with Gasteiger partial charge in [0.25, 0.3) is 5.56 Å². The Balaban J connectivity index is 1.64. The molecule has 0 radical (unpaired) electrons. The summed E-state index contributed by atoms with van der Waals surface area (Å²) in [6, 6.07) is 5.33. The van der Waals surface area contributed by atoms with Gasteiger partial charge in [-0.15, -0.1) is 0 Å². The lowest BCUT2D eigenvalue weighted by molar-refractivity contribution is 0.0495. The Morgan fingerprint density at radius 1 is 1.24 bits per heavy atom. The summed E-state index contributed by atoms with van der Waals surface area (Å²) in [5, 5.41) is 3.76. The average Bonchev–Trinajstić information content (AvgIpc) is 2.73. The summed E-state index contributed by atoms with van der Waals surface area (Å²) in [4.78, 5) is 32.9. The maximum atomic E-state index is 13.0. The van der Waals surface area contributed by atoms with Crippen LogP contribution in [0.2, 0.25) is 10.0 Å². The van der Waals surface area contributed by atoms with Gasteiger partial charge in [0.15, 0.2) is 0 Å². The van der Waals surface area contributed by atoms with Crippen LogP contribution in [0.4, 0.5) is 10.7 Å². The highest BCUT2D eigenvalue weighted by Gasteiger charge is 2.32. The first kappa shape index (κ1) is 25.7. The SMILES string of the molecule is Cn1c(N2CCC(C)(CNC(=O)OC(C)(C)C)CC2)ncc(Sc2cccc(Cl)c2Cl)c1=O. The molecule has 3 rings (SSSR count). The number of benzene rings is 1. The average molecular weight is 513 g/mol. The molecule has 1 saturated heterocycles. The Hall–Kier alpha value is -1.90. The highest BCUT2D eigenvalue weighted by Crippen LogP contribution is 2.36. The van der Waals surface area contributed by atoms with Gasteiger partial charge in [-0.3, -0.25) is 9.36 Å². The molecule has 0 atom stereocenters. The van der Waals surface area contributed by atoms with Crippen LogP contribution >= 0.6 is 35.0 Å². The Labute approximate surface area is 208 Å². The van der Waals surface area contributed by atoms with E-state index in [0.717, 1.165) is 25.9 Å². The van der Waals surface area contributed by atoms with E-state index in [9.17, 15) is 9.59 Å². The van der Waals surface area contributed by atoms with Crippen molar-refractivity contribution in [2.24, 2.45) is 12.5 Å². The van der Waals surface area contributed by atoms with Gasteiger partial charge in [-0.2, -0.15) is 0 Å². The lowest BCUT2D eigenvalue weighted by atomic mass is 9.80. The third-order valence-electron chi connectivity index (χ3n) is 5.56. The van der Waals surface area contributed by atoms with Gasteiger partial charge in [-0.05, 0) is 51.2 Å². The van der Waals surface area contributed by atoms with Crippen LogP contribution in [0.5, 0.6) is 0 Å². The molecule has 2 aromatic rings. The first-order chi connectivity index (χ1) is 15.4. The first-order valence-electron chi connectivity index (χ1n) is 10.8. The molecular weight excluding hydrogens is 483 g/mol. The predicted octanol–water partition coefficient (Wildman–Crippen LogP) is 5.37. The molecule has 1 aliphatic heterocycles. The van der Waals surface area contributed by atoms with Crippen molar-refractivity contribution in [1.82, 2.24) is 14.9 Å². The highest BCUT2D eigenvalue weighted by atomic mass is 35.5. The molecule has 10 heteroatoms. The minimum atomic E-state index is -0.520. The number of aromatic nitrogens is 2. The number of anilines is 1. The van der Waals surface area contributed by atoms with E-state index in [-0.39, 0.29) is 11.0 Å². The van der Waals surface area contributed by atoms with E-state index < -0.39 is 11.7 Å². The van der Waals surface area contributed by atoms with Crippen molar-refractivity contribution >= 4 is 47.0 Å². The standard InChI is InChI=1S/C23H30Cl2N4O3S/c1-22(2,3)32-21(31)27-14-23(4)9-11-29(12-10-23)20-26-13-17(19(30)28(20)5)33-16-8-6-7-15(24)18(16)25/h6-8,13H,9-12,14H2,1-5H3,(H,27,31). The lowest BCUT2D eigenvalue weighted by Crippen LogP contribution is -2.47. The molecule has 2 heterocycles. The summed E-state index contributed by atoms with van der Waals surface area (Å²) in [5.41, 5.74) is -0.709. The molecule has 0 unspecified atom stereocenters. The maximum absolute atomic E-state index is 13.0. The molecule has 0 aliphatic carbocycles. The molecule has 33 heavy (non-hydrogen) atoms. The summed E-state index contributed by atoms with van der Waals surface area (Å²) >= 11 is 13.6. The fourth-order valence-corrected chi connectivity index (χ4v) is 4.97. The molecule has 1 aromatic heterocycles. The van der Waals surface area contributed by atoms with E-state index in [1.165, 1.54) is 11.8 Å². The van der Waals surface area contributed by atoms with Gasteiger partial charge >= 0.3 is 6.09 Å². The number of piperidine rings is 1. The van der Waals surface area contributed by atoms with Crippen molar-refractivity contribution in [1.29, 1.82) is 0 Å². The number of nitrogens with zero attached hydrogens (tertiary/aromatic N) is 3. The summed E-state index contributed by atoms with van der Waals surface area (Å²) in [6.07, 6.45) is 2.90. The summed E-state index contributed by atoms with van der Waals surface area (Å²) < 4.78 is 6.91. The van der Waals surface area contributed by atoms with Crippen LogP contribution in [0.15, 0.2) is 39.0 Å². The second kappa shape index (κ2) is 10.2. The third-order valence-corrected chi connectivity index (χ3v) is 7.55. The first-order valence-corrected chi connectivity index (χ1v) is 12.4. The van der Waals surface area contributed by atoms with Gasteiger partial charge in [0.05, 0.1) is 21.1 Å². The number of ether oxygens (including phenoxy) is 1. The summed E-state index contributed by atoms with van der Waals surface area (Å²) in [5.74, 6) is 0.628. The van der Waals surface area contributed by atoms with Crippen molar-refractivity contribution in [3.63, 3.8) is 0 Å². The van der Waals surface area contributed by atoms with Gasteiger partial charge in [-0.1, -0.05) is 48.0 Å². The molecule has 180 valence electrons. The fraction of sp³-hybridized carbons (Fsp3) is 0.522.